The quantitative estimate of drug-likeness (QED) is 0.0876. The fourth-order valence-corrected chi connectivity index (χ4v) is 4.24. The Kier molecular flexibility index (Phi) is 11.2. The number of nitrogens with two attached hydrogens (primary N) is 2. The van der Waals surface area contributed by atoms with Gasteiger partial charge in [-0.2, -0.15) is 0 Å². The number of hydrogen-bond donors (Lipinski definition) is 2. The maximum absolute atomic E-state index is 12.6. The van der Waals surface area contributed by atoms with E-state index in [4.69, 9.17) is 25.7 Å². The van der Waals surface area contributed by atoms with Crippen LogP contribution in [0.1, 0.15) is 62.5 Å². The molecule has 7 heteroatoms. The largest absolute Gasteiger partial charge is 0.458 e. The van der Waals surface area contributed by atoms with Crippen LogP contribution in [0, 0.1) is 5.92 Å². The van der Waals surface area contributed by atoms with Crippen molar-refractivity contribution in [3.05, 3.63) is 72.3 Å². The Labute approximate surface area is 219 Å². The van der Waals surface area contributed by atoms with Crippen molar-refractivity contribution in [3.63, 3.8) is 0 Å². The molecule has 4 N–H and O–H groups in total. The van der Waals surface area contributed by atoms with Crippen LogP contribution in [0.4, 0.5) is 11.4 Å². The lowest BCUT2D eigenvalue weighted by Crippen LogP contribution is -2.29. The lowest BCUT2D eigenvalue weighted by Gasteiger charge is -2.27. The Bertz CT molecular complexity index is 1060. The van der Waals surface area contributed by atoms with Gasteiger partial charge in [-0.15, -0.1) is 6.58 Å². The van der Waals surface area contributed by atoms with Gasteiger partial charge in [0.25, 0.3) is 0 Å². The average molecular weight is 507 g/mol. The second-order valence-electron chi connectivity index (χ2n) is 9.37. The zero-order valence-corrected chi connectivity index (χ0v) is 21.4. The van der Waals surface area contributed by atoms with Crippen LogP contribution in [0.3, 0.4) is 0 Å². The first-order valence-corrected chi connectivity index (χ1v) is 13.0. The molecule has 0 radical (unpaired) electrons. The first-order chi connectivity index (χ1) is 17.9. The predicted octanol–water partition coefficient (Wildman–Crippen LogP) is 5.83. The molecule has 7 nitrogen and oxygen atoms in total. The average Bonchev–Trinajstić information content (AvgIpc) is 2.91. The minimum Gasteiger partial charge on any atom is -0.458 e. The molecular formula is C30H38N2O5. The first kappa shape index (κ1) is 28.0. The van der Waals surface area contributed by atoms with Crippen molar-refractivity contribution in [3.8, 4) is 5.75 Å². The van der Waals surface area contributed by atoms with E-state index in [1.807, 2.05) is 6.08 Å². The van der Waals surface area contributed by atoms with Gasteiger partial charge in [-0.05, 0) is 86.9 Å². The molecule has 2 aromatic carbocycles. The Morgan fingerprint density at radius 3 is 2.46 bits per heavy atom. The van der Waals surface area contributed by atoms with Gasteiger partial charge in [0.05, 0.1) is 12.0 Å². The minimum atomic E-state index is -0.496. The van der Waals surface area contributed by atoms with E-state index >= 15 is 0 Å². The summed E-state index contributed by atoms with van der Waals surface area (Å²) < 4.78 is 16.8. The predicted molar refractivity (Wildman–Crippen MR) is 147 cm³/mol. The summed E-state index contributed by atoms with van der Waals surface area (Å²) in [6.45, 7) is 4.57. The third kappa shape index (κ3) is 9.77. The second kappa shape index (κ2) is 14.9. The number of unbranched alkanes of at least 4 members (excludes halogenated alkanes) is 3. The topological polar surface area (TPSA) is 114 Å². The molecular weight excluding hydrogens is 468 g/mol. The minimum absolute atomic E-state index is 0.0407. The van der Waals surface area contributed by atoms with Crippen molar-refractivity contribution in [2.24, 2.45) is 5.92 Å². The van der Waals surface area contributed by atoms with E-state index in [-0.39, 0.29) is 24.6 Å². The van der Waals surface area contributed by atoms with E-state index in [0.29, 0.717) is 22.7 Å². The van der Waals surface area contributed by atoms with Crippen molar-refractivity contribution in [1.82, 2.24) is 0 Å². The van der Waals surface area contributed by atoms with E-state index in [0.717, 1.165) is 63.5 Å². The lowest BCUT2D eigenvalue weighted by molar-refractivity contribution is -0.141. The molecule has 0 aliphatic heterocycles. The van der Waals surface area contributed by atoms with Crippen LogP contribution in [-0.4, -0.2) is 24.6 Å². The Balaban J connectivity index is 1.36. The van der Waals surface area contributed by atoms with Gasteiger partial charge < -0.3 is 25.7 Å². The SMILES string of the molecule is C=CCCCCCOC1CCC(C(=O)Oc2ccc(C=CC(=O)OCc3cc(N)ccc3N)cc2)CC1. The standard InChI is InChI=1S/C30H38N2O5/c1-2-3-4-5-6-19-35-26-15-10-23(11-16-26)30(34)37-27-13-7-22(8-14-27)9-18-29(33)36-21-24-20-25(31)12-17-28(24)32/h2,7-9,12-14,17-18,20,23,26H,1,3-6,10-11,15-16,19,21,31-32H2. The summed E-state index contributed by atoms with van der Waals surface area (Å²) in [7, 11) is 0. The molecule has 198 valence electrons. The van der Waals surface area contributed by atoms with Gasteiger partial charge >= 0.3 is 11.9 Å². The molecule has 0 amide bonds. The molecule has 0 spiro atoms. The van der Waals surface area contributed by atoms with Crippen molar-refractivity contribution < 1.29 is 23.8 Å². The fraction of sp³-hybridized carbons (Fsp3) is 0.400. The maximum atomic E-state index is 12.6. The van der Waals surface area contributed by atoms with Gasteiger partial charge in [0.15, 0.2) is 0 Å². The van der Waals surface area contributed by atoms with Gasteiger partial charge in [0.1, 0.15) is 12.4 Å². The van der Waals surface area contributed by atoms with Gasteiger partial charge in [-0.1, -0.05) is 24.6 Å². The highest BCUT2D eigenvalue weighted by molar-refractivity contribution is 5.87. The molecule has 1 fully saturated rings. The van der Waals surface area contributed by atoms with Crippen LogP contribution in [0.15, 0.2) is 61.2 Å². The molecule has 1 aliphatic carbocycles. The number of nitrogen functional groups attached to an aromatic ring is 2. The lowest BCUT2D eigenvalue weighted by atomic mass is 9.87. The molecule has 0 unspecified atom stereocenters. The molecule has 2 aromatic rings. The number of ether oxygens (including phenoxy) is 3. The number of carbonyl (C=O) groups excluding carboxylic acids is 2. The summed E-state index contributed by atoms with van der Waals surface area (Å²) in [4.78, 5) is 24.7. The van der Waals surface area contributed by atoms with Crippen LogP contribution in [0.5, 0.6) is 5.75 Å². The third-order valence-corrected chi connectivity index (χ3v) is 6.46. The van der Waals surface area contributed by atoms with Crippen molar-refractivity contribution in [1.29, 1.82) is 0 Å². The highest BCUT2D eigenvalue weighted by Crippen LogP contribution is 2.28. The van der Waals surface area contributed by atoms with Crippen LogP contribution in [-0.2, 0) is 25.7 Å². The number of anilines is 2. The number of hydrogen-bond acceptors (Lipinski definition) is 7. The zero-order valence-electron chi connectivity index (χ0n) is 21.4. The van der Waals surface area contributed by atoms with Crippen LogP contribution in [0.25, 0.3) is 6.08 Å². The van der Waals surface area contributed by atoms with E-state index in [1.54, 1.807) is 48.5 Å². The summed E-state index contributed by atoms with van der Waals surface area (Å²) in [5.41, 5.74) is 14.1. The second-order valence-corrected chi connectivity index (χ2v) is 9.37. The summed E-state index contributed by atoms with van der Waals surface area (Å²) in [5.74, 6) is -0.310. The van der Waals surface area contributed by atoms with E-state index < -0.39 is 5.97 Å². The summed E-state index contributed by atoms with van der Waals surface area (Å²) in [5, 5.41) is 0. The van der Waals surface area contributed by atoms with Crippen LogP contribution in [0.2, 0.25) is 0 Å². The Morgan fingerprint density at radius 1 is 0.973 bits per heavy atom. The molecule has 0 heterocycles. The van der Waals surface area contributed by atoms with Gasteiger partial charge in [-0.25, -0.2) is 4.79 Å². The van der Waals surface area contributed by atoms with E-state index in [9.17, 15) is 9.59 Å². The number of carbonyl (C=O) groups is 2. The maximum Gasteiger partial charge on any atom is 0.331 e. The van der Waals surface area contributed by atoms with E-state index in [2.05, 4.69) is 6.58 Å². The normalized spacial score (nSPS) is 17.4. The third-order valence-electron chi connectivity index (χ3n) is 6.46. The first-order valence-electron chi connectivity index (χ1n) is 13.0. The van der Waals surface area contributed by atoms with Gasteiger partial charge in [0.2, 0.25) is 0 Å². The number of allylic oxidation sites excluding steroid dienone is 1. The molecule has 0 atom stereocenters. The molecule has 37 heavy (non-hydrogen) atoms. The molecule has 1 aliphatic rings. The zero-order chi connectivity index (χ0) is 26.5. The summed E-state index contributed by atoms with van der Waals surface area (Å²) >= 11 is 0. The Hall–Kier alpha value is -3.58. The molecule has 0 aromatic heterocycles. The van der Waals surface area contributed by atoms with Crippen molar-refractivity contribution in [2.75, 3.05) is 18.1 Å². The number of rotatable bonds is 13. The molecule has 3 rings (SSSR count). The Morgan fingerprint density at radius 2 is 1.73 bits per heavy atom. The smallest absolute Gasteiger partial charge is 0.331 e. The van der Waals surface area contributed by atoms with Crippen molar-refractivity contribution in [2.45, 2.75) is 64.1 Å². The molecule has 0 saturated heterocycles. The highest BCUT2D eigenvalue weighted by atomic mass is 16.5. The summed E-state index contributed by atoms with van der Waals surface area (Å²) in [6, 6.07) is 12.0. The molecule has 0 bridgehead atoms. The highest BCUT2D eigenvalue weighted by Gasteiger charge is 2.28. The van der Waals surface area contributed by atoms with Crippen LogP contribution >= 0.6 is 0 Å². The molecule has 1 saturated carbocycles. The van der Waals surface area contributed by atoms with Crippen molar-refractivity contribution >= 4 is 29.4 Å². The number of esters is 2. The summed E-state index contributed by atoms with van der Waals surface area (Å²) in [6.07, 6.45) is 13.0. The van der Waals surface area contributed by atoms with Gasteiger partial charge in [-0.3, -0.25) is 4.79 Å². The fourth-order valence-electron chi connectivity index (χ4n) is 4.24. The van der Waals surface area contributed by atoms with E-state index in [1.165, 1.54) is 6.08 Å². The monoisotopic (exact) mass is 506 g/mol. The number of benzene rings is 2. The van der Waals surface area contributed by atoms with Crippen LogP contribution < -0.4 is 16.2 Å². The van der Waals surface area contributed by atoms with Gasteiger partial charge in [0, 0.05) is 29.6 Å².